The number of rotatable bonds is 5. The molecule has 1 aromatic heterocycles. The monoisotopic (exact) mass is 271 g/mol. The first kappa shape index (κ1) is 12.4. The molecule has 1 saturated carbocycles. The van der Waals surface area contributed by atoms with E-state index in [1.165, 1.54) is 18.4 Å². The maximum Gasteiger partial charge on any atom is 0.225 e. The predicted octanol–water partition coefficient (Wildman–Crippen LogP) is 3.14. The van der Waals surface area contributed by atoms with Gasteiger partial charge in [0.15, 0.2) is 0 Å². The fourth-order valence-electron chi connectivity index (χ4n) is 2.41. The quantitative estimate of drug-likeness (QED) is 0.889. The van der Waals surface area contributed by atoms with Gasteiger partial charge in [0.05, 0.1) is 6.42 Å². The number of benzene rings is 1. The summed E-state index contributed by atoms with van der Waals surface area (Å²) >= 11 is 1.64. The first-order valence-electron chi connectivity index (χ1n) is 6.63. The van der Waals surface area contributed by atoms with Gasteiger partial charge in [0.2, 0.25) is 5.91 Å². The molecule has 0 aliphatic heterocycles. The lowest BCUT2D eigenvalue weighted by Crippen LogP contribution is -2.33. The van der Waals surface area contributed by atoms with Crippen molar-refractivity contribution >= 4 is 17.2 Å². The minimum Gasteiger partial charge on any atom is -0.355 e. The van der Waals surface area contributed by atoms with E-state index in [2.05, 4.69) is 29.6 Å². The van der Waals surface area contributed by atoms with Crippen molar-refractivity contribution in [2.45, 2.75) is 24.7 Å². The van der Waals surface area contributed by atoms with Crippen LogP contribution in [0.15, 0.2) is 47.8 Å². The van der Waals surface area contributed by atoms with Crippen LogP contribution in [0.3, 0.4) is 0 Å². The number of hydrogen-bond donors (Lipinski definition) is 1. The summed E-state index contributed by atoms with van der Waals surface area (Å²) in [5.74, 6) is 0.129. The molecule has 0 atom stereocenters. The van der Waals surface area contributed by atoms with Crippen molar-refractivity contribution in [1.29, 1.82) is 0 Å². The van der Waals surface area contributed by atoms with Gasteiger partial charge in [-0.05, 0) is 29.9 Å². The van der Waals surface area contributed by atoms with Crippen LogP contribution in [0.1, 0.15) is 23.3 Å². The summed E-state index contributed by atoms with van der Waals surface area (Å²) in [5.41, 5.74) is 1.55. The minimum absolute atomic E-state index is 0.129. The van der Waals surface area contributed by atoms with Gasteiger partial charge in [0, 0.05) is 16.8 Å². The Bertz CT molecular complexity index is 543. The van der Waals surface area contributed by atoms with E-state index in [1.807, 2.05) is 23.6 Å². The number of thiophene rings is 1. The highest BCUT2D eigenvalue weighted by atomic mass is 32.1. The third-order valence-electron chi connectivity index (χ3n) is 3.78. The van der Waals surface area contributed by atoms with Crippen molar-refractivity contribution in [3.05, 3.63) is 58.3 Å². The molecule has 1 aliphatic rings. The molecule has 0 spiro atoms. The summed E-state index contributed by atoms with van der Waals surface area (Å²) in [6.45, 7) is 0.765. The number of carbonyl (C=O) groups is 1. The lowest BCUT2D eigenvalue weighted by molar-refractivity contribution is -0.120. The lowest BCUT2D eigenvalue weighted by Gasteiger charge is -2.16. The number of amides is 1. The van der Waals surface area contributed by atoms with E-state index in [0.29, 0.717) is 6.42 Å². The molecule has 3 rings (SSSR count). The molecule has 1 amide bonds. The van der Waals surface area contributed by atoms with E-state index >= 15 is 0 Å². The van der Waals surface area contributed by atoms with Crippen LogP contribution in [-0.4, -0.2) is 12.5 Å². The third-order valence-corrected chi connectivity index (χ3v) is 4.65. The molecule has 0 saturated heterocycles. The van der Waals surface area contributed by atoms with Gasteiger partial charge in [0.1, 0.15) is 0 Å². The highest BCUT2D eigenvalue weighted by Gasteiger charge is 2.44. The SMILES string of the molecule is O=C(Cc1cccs1)NCC1(c2ccccc2)CC1. The Morgan fingerprint density at radius 2 is 1.95 bits per heavy atom. The molecule has 19 heavy (non-hydrogen) atoms. The summed E-state index contributed by atoms with van der Waals surface area (Å²) in [7, 11) is 0. The fraction of sp³-hybridized carbons (Fsp3) is 0.312. The fourth-order valence-corrected chi connectivity index (χ4v) is 3.12. The zero-order valence-corrected chi connectivity index (χ0v) is 11.6. The molecule has 3 heteroatoms. The van der Waals surface area contributed by atoms with Crippen LogP contribution in [-0.2, 0) is 16.6 Å². The average Bonchev–Trinajstić information content (AvgIpc) is 3.08. The van der Waals surface area contributed by atoms with Crippen LogP contribution in [0.25, 0.3) is 0 Å². The van der Waals surface area contributed by atoms with Gasteiger partial charge >= 0.3 is 0 Å². The van der Waals surface area contributed by atoms with Crippen molar-refractivity contribution < 1.29 is 4.79 Å². The summed E-state index contributed by atoms with van der Waals surface area (Å²) in [5, 5.41) is 5.10. The van der Waals surface area contributed by atoms with Crippen molar-refractivity contribution in [1.82, 2.24) is 5.32 Å². The molecule has 1 fully saturated rings. The molecule has 1 N–H and O–H groups in total. The van der Waals surface area contributed by atoms with Crippen LogP contribution in [0.5, 0.6) is 0 Å². The highest BCUT2D eigenvalue weighted by molar-refractivity contribution is 7.10. The normalized spacial score (nSPS) is 16.0. The molecule has 0 radical (unpaired) electrons. The van der Waals surface area contributed by atoms with E-state index in [4.69, 9.17) is 0 Å². The zero-order valence-electron chi connectivity index (χ0n) is 10.8. The zero-order chi connectivity index (χ0) is 13.1. The Labute approximate surface area is 117 Å². The van der Waals surface area contributed by atoms with Crippen molar-refractivity contribution in [2.75, 3.05) is 6.54 Å². The predicted molar refractivity (Wildman–Crippen MR) is 78.4 cm³/mol. The molecule has 2 aromatic rings. The number of hydrogen-bond acceptors (Lipinski definition) is 2. The second-order valence-electron chi connectivity index (χ2n) is 5.18. The molecular weight excluding hydrogens is 254 g/mol. The summed E-state index contributed by atoms with van der Waals surface area (Å²) < 4.78 is 0. The Morgan fingerprint density at radius 3 is 2.58 bits per heavy atom. The standard InChI is InChI=1S/C16H17NOS/c18-15(11-14-7-4-10-19-14)17-12-16(8-9-16)13-5-2-1-3-6-13/h1-7,10H,8-9,11-12H2,(H,17,18). The summed E-state index contributed by atoms with van der Waals surface area (Å²) in [6.07, 6.45) is 2.86. The van der Waals surface area contributed by atoms with Crippen LogP contribution < -0.4 is 5.32 Å². The van der Waals surface area contributed by atoms with Crippen LogP contribution in [0, 0.1) is 0 Å². The second kappa shape index (κ2) is 5.17. The average molecular weight is 271 g/mol. The molecule has 1 heterocycles. The van der Waals surface area contributed by atoms with Gasteiger partial charge in [0.25, 0.3) is 0 Å². The minimum atomic E-state index is 0.129. The van der Waals surface area contributed by atoms with Crippen LogP contribution in [0.4, 0.5) is 0 Å². The third kappa shape index (κ3) is 2.87. The first-order valence-corrected chi connectivity index (χ1v) is 7.51. The molecule has 0 unspecified atom stereocenters. The Kier molecular flexibility index (Phi) is 3.38. The van der Waals surface area contributed by atoms with Crippen molar-refractivity contribution in [2.24, 2.45) is 0 Å². The Balaban J connectivity index is 1.56. The molecular formula is C16H17NOS. The molecule has 1 aromatic carbocycles. The maximum atomic E-state index is 11.9. The molecule has 0 bridgehead atoms. The Morgan fingerprint density at radius 1 is 1.16 bits per heavy atom. The summed E-state index contributed by atoms with van der Waals surface area (Å²) in [6, 6.07) is 14.5. The van der Waals surface area contributed by atoms with Crippen molar-refractivity contribution in [3.63, 3.8) is 0 Å². The second-order valence-corrected chi connectivity index (χ2v) is 6.21. The van der Waals surface area contributed by atoms with Gasteiger partial charge in [-0.2, -0.15) is 0 Å². The number of nitrogens with one attached hydrogen (secondary N) is 1. The van der Waals surface area contributed by atoms with E-state index in [9.17, 15) is 4.79 Å². The van der Waals surface area contributed by atoms with Crippen LogP contribution in [0.2, 0.25) is 0 Å². The van der Waals surface area contributed by atoms with E-state index < -0.39 is 0 Å². The lowest BCUT2D eigenvalue weighted by atomic mass is 9.96. The van der Waals surface area contributed by atoms with E-state index in [1.54, 1.807) is 11.3 Å². The highest BCUT2D eigenvalue weighted by Crippen LogP contribution is 2.47. The van der Waals surface area contributed by atoms with Crippen molar-refractivity contribution in [3.8, 4) is 0 Å². The molecule has 98 valence electrons. The van der Waals surface area contributed by atoms with Crippen LogP contribution >= 0.6 is 11.3 Å². The molecule has 2 nitrogen and oxygen atoms in total. The maximum absolute atomic E-state index is 11.9. The topological polar surface area (TPSA) is 29.1 Å². The van der Waals surface area contributed by atoms with E-state index in [0.717, 1.165) is 11.4 Å². The van der Waals surface area contributed by atoms with Gasteiger partial charge < -0.3 is 5.32 Å². The molecule has 1 aliphatic carbocycles. The smallest absolute Gasteiger partial charge is 0.225 e. The van der Waals surface area contributed by atoms with Gasteiger partial charge in [-0.15, -0.1) is 11.3 Å². The first-order chi connectivity index (χ1) is 9.28. The number of carbonyl (C=O) groups excluding carboxylic acids is 1. The van der Waals surface area contributed by atoms with Gasteiger partial charge in [-0.1, -0.05) is 36.4 Å². The van der Waals surface area contributed by atoms with Gasteiger partial charge in [-0.25, -0.2) is 0 Å². The Hall–Kier alpha value is -1.61. The van der Waals surface area contributed by atoms with E-state index in [-0.39, 0.29) is 11.3 Å². The largest absolute Gasteiger partial charge is 0.355 e. The van der Waals surface area contributed by atoms with Gasteiger partial charge in [-0.3, -0.25) is 4.79 Å². The summed E-state index contributed by atoms with van der Waals surface area (Å²) in [4.78, 5) is 13.0.